The molecule has 0 N–H and O–H groups in total. The first-order valence-electron chi connectivity index (χ1n) is 4.54. The van der Waals surface area contributed by atoms with Crippen molar-refractivity contribution in [3.05, 3.63) is 29.8 Å². The normalized spacial score (nSPS) is 12.4. The summed E-state index contributed by atoms with van der Waals surface area (Å²) in [5, 5.41) is 0. The summed E-state index contributed by atoms with van der Waals surface area (Å²) in [6.45, 7) is 0. The van der Waals surface area contributed by atoms with Crippen LogP contribution in [0, 0.1) is 5.82 Å². The van der Waals surface area contributed by atoms with Gasteiger partial charge in [0, 0.05) is 0 Å². The molecule has 0 aliphatic carbocycles. The Morgan fingerprint density at radius 3 is 2.38 bits per heavy atom. The second kappa shape index (κ2) is 3.20. The van der Waals surface area contributed by atoms with Crippen LogP contribution in [0.4, 0.5) is 17.6 Å². The zero-order valence-electron chi connectivity index (χ0n) is 8.64. The summed E-state index contributed by atoms with van der Waals surface area (Å²) in [6, 6.07) is 3.98. The number of alkyl halides is 3. The standard InChI is InChI=1S/C10H9F4N2/c1-15-7-5-3-4-6(11)8(7)16(2)9(15)10(12,13)14/h3-5H,1-2H3/q+1. The number of aryl methyl sites for hydroxylation is 2. The average molecular weight is 233 g/mol. The van der Waals surface area contributed by atoms with Gasteiger partial charge < -0.3 is 0 Å². The lowest BCUT2D eigenvalue weighted by molar-refractivity contribution is -0.668. The molecule has 1 aromatic heterocycles. The number of para-hydroxylation sites is 1. The van der Waals surface area contributed by atoms with E-state index in [1.807, 2.05) is 0 Å². The highest BCUT2D eigenvalue weighted by Crippen LogP contribution is 2.29. The van der Waals surface area contributed by atoms with Crippen LogP contribution in [0.3, 0.4) is 0 Å². The van der Waals surface area contributed by atoms with Crippen LogP contribution >= 0.6 is 0 Å². The average Bonchev–Trinajstić information content (AvgIpc) is 2.39. The maximum atomic E-state index is 13.4. The molecule has 16 heavy (non-hydrogen) atoms. The Morgan fingerprint density at radius 1 is 1.25 bits per heavy atom. The van der Waals surface area contributed by atoms with E-state index in [1.165, 1.54) is 26.2 Å². The van der Waals surface area contributed by atoms with Crippen LogP contribution < -0.4 is 4.57 Å². The van der Waals surface area contributed by atoms with Crippen LogP contribution in [-0.4, -0.2) is 4.57 Å². The van der Waals surface area contributed by atoms with Crippen molar-refractivity contribution in [1.82, 2.24) is 4.57 Å². The molecule has 0 aliphatic heterocycles. The Hall–Kier alpha value is -1.59. The van der Waals surface area contributed by atoms with Gasteiger partial charge in [0.2, 0.25) is 5.52 Å². The molecular formula is C10H9F4N2+. The van der Waals surface area contributed by atoms with E-state index < -0.39 is 17.8 Å². The number of hydrogen-bond acceptors (Lipinski definition) is 0. The first-order chi connectivity index (χ1) is 7.34. The molecule has 0 radical (unpaired) electrons. The van der Waals surface area contributed by atoms with E-state index in [0.717, 1.165) is 15.2 Å². The molecule has 0 spiro atoms. The van der Waals surface area contributed by atoms with Gasteiger partial charge in [0.25, 0.3) is 0 Å². The Morgan fingerprint density at radius 2 is 1.88 bits per heavy atom. The Kier molecular flexibility index (Phi) is 2.18. The number of imidazole rings is 1. The highest BCUT2D eigenvalue weighted by Gasteiger charge is 2.45. The summed E-state index contributed by atoms with van der Waals surface area (Å²) >= 11 is 0. The number of aromatic nitrogens is 2. The second-order valence-electron chi connectivity index (χ2n) is 3.55. The molecule has 86 valence electrons. The van der Waals surface area contributed by atoms with Crippen molar-refractivity contribution >= 4 is 11.0 Å². The summed E-state index contributed by atoms with van der Waals surface area (Å²) in [7, 11) is 2.47. The van der Waals surface area contributed by atoms with Gasteiger partial charge in [0.15, 0.2) is 11.3 Å². The van der Waals surface area contributed by atoms with Crippen LogP contribution in [0.1, 0.15) is 5.82 Å². The highest BCUT2D eigenvalue weighted by molar-refractivity contribution is 5.72. The maximum absolute atomic E-state index is 13.4. The maximum Gasteiger partial charge on any atom is 0.495 e. The SMILES string of the molecule is Cn1c(C(F)(F)F)[n+](C)c2c(F)cccc21. The first kappa shape index (κ1) is 10.9. The number of hydrogen-bond donors (Lipinski definition) is 0. The lowest BCUT2D eigenvalue weighted by atomic mass is 10.3. The summed E-state index contributed by atoms with van der Waals surface area (Å²) < 4.78 is 53.3. The molecule has 2 aromatic rings. The number of halogens is 4. The molecule has 2 nitrogen and oxygen atoms in total. The lowest BCUT2D eigenvalue weighted by Gasteiger charge is -2.01. The van der Waals surface area contributed by atoms with Gasteiger partial charge in [-0.15, -0.1) is 0 Å². The zero-order chi connectivity index (χ0) is 12.1. The molecule has 2 rings (SSSR count). The quantitative estimate of drug-likeness (QED) is 0.487. The van der Waals surface area contributed by atoms with Crippen molar-refractivity contribution in [3.8, 4) is 0 Å². The van der Waals surface area contributed by atoms with Gasteiger partial charge >= 0.3 is 12.0 Å². The molecule has 0 amide bonds. The van der Waals surface area contributed by atoms with Crippen molar-refractivity contribution in [2.45, 2.75) is 6.18 Å². The van der Waals surface area contributed by atoms with E-state index >= 15 is 0 Å². The summed E-state index contributed by atoms with van der Waals surface area (Å²) in [5.74, 6) is -1.54. The van der Waals surface area contributed by atoms with Crippen LogP contribution in [0.15, 0.2) is 18.2 Å². The predicted octanol–water partition coefficient (Wildman–Crippen LogP) is 2.16. The monoisotopic (exact) mass is 233 g/mol. The van der Waals surface area contributed by atoms with Crippen molar-refractivity contribution in [3.63, 3.8) is 0 Å². The van der Waals surface area contributed by atoms with Crippen molar-refractivity contribution in [2.75, 3.05) is 0 Å². The van der Waals surface area contributed by atoms with Gasteiger partial charge in [-0.2, -0.15) is 13.2 Å². The van der Waals surface area contributed by atoms with Crippen LogP contribution in [0.25, 0.3) is 11.0 Å². The van der Waals surface area contributed by atoms with E-state index in [9.17, 15) is 17.6 Å². The summed E-state index contributed by atoms with van der Waals surface area (Å²) in [5.41, 5.74) is 0.173. The molecular weight excluding hydrogens is 224 g/mol. The van der Waals surface area contributed by atoms with Gasteiger partial charge in [-0.1, -0.05) is 6.07 Å². The molecule has 6 heteroatoms. The smallest absolute Gasteiger partial charge is 0.222 e. The number of benzene rings is 1. The van der Waals surface area contributed by atoms with Crippen molar-refractivity contribution < 1.29 is 22.1 Å². The highest BCUT2D eigenvalue weighted by atomic mass is 19.4. The van der Waals surface area contributed by atoms with Gasteiger partial charge in [-0.3, -0.25) is 0 Å². The molecule has 0 saturated heterocycles. The molecule has 1 aromatic carbocycles. The molecule has 0 bridgehead atoms. The van der Waals surface area contributed by atoms with Crippen LogP contribution in [0.5, 0.6) is 0 Å². The fourth-order valence-electron chi connectivity index (χ4n) is 1.93. The topological polar surface area (TPSA) is 8.81 Å². The first-order valence-corrected chi connectivity index (χ1v) is 4.54. The van der Waals surface area contributed by atoms with E-state index in [2.05, 4.69) is 0 Å². The molecule has 0 fully saturated rings. The predicted molar refractivity (Wildman–Crippen MR) is 49.1 cm³/mol. The third-order valence-electron chi connectivity index (χ3n) is 2.55. The van der Waals surface area contributed by atoms with Crippen molar-refractivity contribution in [1.29, 1.82) is 0 Å². The minimum atomic E-state index is -4.50. The summed E-state index contributed by atoms with van der Waals surface area (Å²) in [4.78, 5) is 0. The third kappa shape index (κ3) is 1.36. The minimum absolute atomic E-state index is 0.0441. The zero-order valence-corrected chi connectivity index (χ0v) is 8.64. The minimum Gasteiger partial charge on any atom is -0.222 e. The fraction of sp³-hybridized carbons (Fsp3) is 0.300. The van der Waals surface area contributed by atoms with Gasteiger partial charge in [0.05, 0.1) is 14.1 Å². The lowest BCUT2D eigenvalue weighted by Crippen LogP contribution is -2.38. The molecule has 0 aliphatic rings. The van der Waals surface area contributed by atoms with E-state index in [4.69, 9.17) is 0 Å². The van der Waals surface area contributed by atoms with Crippen molar-refractivity contribution in [2.24, 2.45) is 14.1 Å². The largest absolute Gasteiger partial charge is 0.495 e. The van der Waals surface area contributed by atoms with Gasteiger partial charge in [-0.25, -0.2) is 13.5 Å². The molecule has 0 atom stereocenters. The second-order valence-corrected chi connectivity index (χ2v) is 3.55. The number of rotatable bonds is 0. The van der Waals surface area contributed by atoms with Crippen LogP contribution in [0.2, 0.25) is 0 Å². The van der Waals surface area contributed by atoms with Gasteiger partial charge in [0.1, 0.15) is 0 Å². The van der Waals surface area contributed by atoms with Crippen LogP contribution in [-0.2, 0) is 20.3 Å². The Labute approximate surface area is 88.7 Å². The van der Waals surface area contributed by atoms with E-state index in [-0.39, 0.29) is 11.0 Å². The molecule has 1 heterocycles. The molecule has 0 saturated carbocycles. The van der Waals surface area contributed by atoms with Gasteiger partial charge in [-0.05, 0) is 12.1 Å². The van der Waals surface area contributed by atoms with E-state index in [1.54, 1.807) is 0 Å². The molecule has 0 unspecified atom stereocenters. The third-order valence-corrected chi connectivity index (χ3v) is 2.55. The Balaban J connectivity index is 2.94. The Bertz CT molecular complexity index is 554. The fourth-order valence-corrected chi connectivity index (χ4v) is 1.93. The number of nitrogens with zero attached hydrogens (tertiary/aromatic N) is 2. The summed E-state index contributed by atoms with van der Waals surface area (Å²) in [6.07, 6.45) is -4.50. The van der Waals surface area contributed by atoms with E-state index in [0.29, 0.717) is 0 Å². The number of fused-ring (bicyclic) bond motifs is 1.